The van der Waals surface area contributed by atoms with Crippen molar-refractivity contribution in [1.29, 1.82) is 0 Å². The van der Waals surface area contributed by atoms with E-state index in [-0.39, 0.29) is 16.5 Å². The van der Waals surface area contributed by atoms with Crippen LogP contribution in [0.15, 0.2) is 46.0 Å². The van der Waals surface area contributed by atoms with E-state index in [0.717, 1.165) is 15.6 Å². The fraction of sp³-hybridized carbons (Fsp3) is 0.333. The lowest BCUT2D eigenvalue weighted by Gasteiger charge is -2.23. The number of thiophene rings is 1. The summed E-state index contributed by atoms with van der Waals surface area (Å²) in [6.07, 6.45) is -0.210. The number of hydrogen-bond acceptors (Lipinski definition) is 6. The van der Waals surface area contributed by atoms with Gasteiger partial charge in [-0.1, -0.05) is 18.2 Å². The van der Waals surface area contributed by atoms with Crippen molar-refractivity contribution in [2.75, 3.05) is 6.54 Å². The second-order valence-corrected chi connectivity index (χ2v) is 9.44. The smallest absolute Gasteiger partial charge is 0.279 e. The number of rotatable bonds is 6. The van der Waals surface area contributed by atoms with Gasteiger partial charge in [0.25, 0.3) is 21.8 Å². The summed E-state index contributed by atoms with van der Waals surface area (Å²) >= 11 is 1.08. The van der Waals surface area contributed by atoms with Crippen molar-refractivity contribution in [2.45, 2.75) is 36.1 Å². The number of sulfonamides is 1. The molecule has 2 N–H and O–H groups in total. The molecule has 1 aromatic carbocycles. The molecule has 2 atom stereocenters. The fourth-order valence-electron chi connectivity index (χ4n) is 2.91. The third-order valence-electron chi connectivity index (χ3n) is 4.38. The molecule has 0 bridgehead atoms. The fourth-order valence-corrected chi connectivity index (χ4v) is 5.68. The summed E-state index contributed by atoms with van der Waals surface area (Å²) in [7, 11) is -3.78. The first-order valence-corrected chi connectivity index (χ1v) is 11.2. The van der Waals surface area contributed by atoms with Crippen molar-refractivity contribution in [3.63, 3.8) is 0 Å². The lowest BCUT2D eigenvalue weighted by molar-refractivity contribution is -0.134. The molecule has 0 aliphatic carbocycles. The predicted octanol–water partition coefficient (Wildman–Crippen LogP) is 1.66. The highest BCUT2D eigenvalue weighted by atomic mass is 32.2. The first kappa shape index (κ1) is 21.2. The molecule has 1 saturated heterocycles. The summed E-state index contributed by atoms with van der Waals surface area (Å²) in [5, 5.41) is 1.65. The Hall–Kier alpha value is -2.50. The van der Waals surface area contributed by atoms with Gasteiger partial charge < -0.3 is 4.74 Å². The molecule has 2 amide bonds. The number of hydrogen-bond donors (Lipinski definition) is 2. The molecule has 1 aromatic heterocycles. The van der Waals surface area contributed by atoms with Gasteiger partial charge in [-0.2, -0.15) is 4.31 Å². The normalized spacial score (nSPS) is 18.2. The molecule has 3 rings (SSSR count). The number of hydrazine groups is 1. The molecular formula is C18H20FN3O5S2. The number of nitrogens with one attached hydrogen (secondary N) is 2. The Morgan fingerprint density at radius 2 is 2.00 bits per heavy atom. The zero-order valence-corrected chi connectivity index (χ0v) is 17.1. The van der Waals surface area contributed by atoms with E-state index in [1.807, 2.05) is 0 Å². The van der Waals surface area contributed by atoms with E-state index >= 15 is 0 Å². The molecule has 1 aliphatic rings. The second-order valence-electron chi connectivity index (χ2n) is 6.37. The molecule has 156 valence electrons. The maximum Gasteiger partial charge on any atom is 0.279 e. The topological polar surface area (TPSA) is 105 Å². The van der Waals surface area contributed by atoms with Crippen molar-refractivity contribution < 1.29 is 27.1 Å². The first-order valence-electron chi connectivity index (χ1n) is 8.87. The van der Waals surface area contributed by atoms with Crippen LogP contribution in [0.2, 0.25) is 0 Å². The zero-order valence-electron chi connectivity index (χ0n) is 15.5. The maximum atomic E-state index is 13.6. The highest BCUT2D eigenvalue weighted by molar-refractivity contribution is 7.91. The van der Waals surface area contributed by atoms with E-state index in [4.69, 9.17) is 4.74 Å². The summed E-state index contributed by atoms with van der Waals surface area (Å²) in [4.78, 5) is 24.6. The minimum Gasteiger partial charge on any atom is -0.478 e. The molecule has 2 aromatic rings. The second kappa shape index (κ2) is 8.89. The van der Waals surface area contributed by atoms with Crippen LogP contribution < -0.4 is 15.6 Å². The Morgan fingerprint density at radius 1 is 1.24 bits per heavy atom. The number of carbonyl (C=O) groups is 2. The summed E-state index contributed by atoms with van der Waals surface area (Å²) in [5.74, 6) is -2.05. The molecular weight excluding hydrogens is 421 g/mol. The van der Waals surface area contributed by atoms with Crippen molar-refractivity contribution in [3.05, 3.63) is 47.6 Å². The van der Waals surface area contributed by atoms with Gasteiger partial charge in [0.15, 0.2) is 17.7 Å². The van der Waals surface area contributed by atoms with Crippen LogP contribution in [0.3, 0.4) is 0 Å². The van der Waals surface area contributed by atoms with Crippen LogP contribution in [0.4, 0.5) is 4.39 Å². The van der Waals surface area contributed by atoms with E-state index in [1.165, 1.54) is 31.2 Å². The highest BCUT2D eigenvalue weighted by Gasteiger charge is 2.40. The van der Waals surface area contributed by atoms with Crippen LogP contribution in [-0.4, -0.2) is 43.2 Å². The van der Waals surface area contributed by atoms with Crippen molar-refractivity contribution in [2.24, 2.45) is 0 Å². The zero-order chi connectivity index (χ0) is 21.0. The van der Waals surface area contributed by atoms with Crippen molar-refractivity contribution in [1.82, 2.24) is 15.2 Å². The van der Waals surface area contributed by atoms with Crippen LogP contribution in [0.25, 0.3) is 0 Å². The minimum atomic E-state index is -3.78. The molecule has 1 fully saturated rings. The molecule has 0 spiro atoms. The average Bonchev–Trinajstić information content (AvgIpc) is 3.39. The molecule has 0 saturated carbocycles. The van der Waals surface area contributed by atoms with E-state index in [0.29, 0.717) is 12.8 Å². The standard InChI is InChI=1S/C18H20FN3O5S2/c1-12(27-15-8-3-2-6-13(15)19)17(23)20-21-18(24)14-7-4-10-22(14)29(25,26)16-9-5-11-28-16/h2-3,5-6,8-9,11-12,14H,4,7,10H2,1H3,(H,20,23)(H,21,24). The Labute approximate surface area is 171 Å². The quantitative estimate of drug-likeness (QED) is 0.664. The number of carbonyl (C=O) groups excluding carboxylic acids is 2. The number of ether oxygens (including phenoxy) is 1. The molecule has 2 unspecified atom stereocenters. The lowest BCUT2D eigenvalue weighted by atomic mass is 10.2. The van der Waals surface area contributed by atoms with E-state index < -0.39 is 39.8 Å². The van der Waals surface area contributed by atoms with Crippen LogP contribution in [0.5, 0.6) is 5.75 Å². The molecule has 11 heteroatoms. The van der Waals surface area contributed by atoms with Gasteiger partial charge in [-0.25, -0.2) is 12.8 Å². The monoisotopic (exact) mass is 441 g/mol. The van der Waals surface area contributed by atoms with Gasteiger partial charge in [-0.3, -0.25) is 20.4 Å². The van der Waals surface area contributed by atoms with E-state index in [1.54, 1.807) is 17.5 Å². The molecule has 0 radical (unpaired) electrons. The van der Waals surface area contributed by atoms with Crippen LogP contribution in [0.1, 0.15) is 19.8 Å². The molecule has 2 heterocycles. The van der Waals surface area contributed by atoms with Gasteiger partial charge in [0.2, 0.25) is 0 Å². The van der Waals surface area contributed by atoms with Crippen LogP contribution in [-0.2, 0) is 19.6 Å². The Bertz CT molecular complexity index is 981. The third kappa shape index (κ3) is 4.74. The Balaban J connectivity index is 1.58. The average molecular weight is 442 g/mol. The lowest BCUT2D eigenvalue weighted by Crippen LogP contribution is -2.53. The number of nitrogens with zero attached hydrogens (tertiary/aromatic N) is 1. The maximum absolute atomic E-state index is 13.6. The first-order chi connectivity index (χ1) is 13.8. The number of halogens is 1. The number of benzene rings is 1. The third-order valence-corrected chi connectivity index (χ3v) is 7.66. The van der Waals surface area contributed by atoms with Gasteiger partial charge in [0.05, 0.1) is 0 Å². The Morgan fingerprint density at radius 3 is 2.69 bits per heavy atom. The molecule has 8 nitrogen and oxygen atoms in total. The van der Waals surface area contributed by atoms with Gasteiger partial charge in [-0.05, 0) is 43.3 Å². The van der Waals surface area contributed by atoms with Gasteiger partial charge in [0.1, 0.15) is 10.3 Å². The van der Waals surface area contributed by atoms with Crippen molar-refractivity contribution >= 4 is 33.2 Å². The Kier molecular flexibility index (Phi) is 6.50. The van der Waals surface area contributed by atoms with E-state index in [9.17, 15) is 22.4 Å². The minimum absolute atomic E-state index is 0.0921. The highest BCUT2D eigenvalue weighted by Crippen LogP contribution is 2.28. The van der Waals surface area contributed by atoms with Crippen molar-refractivity contribution in [3.8, 4) is 5.75 Å². The van der Waals surface area contributed by atoms with Gasteiger partial charge in [-0.15, -0.1) is 11.3 Å². The van der Waals surface area contributed by atoms with Gasteiger partial charge in [0, 0.05) is 6.54 Å². The summed E-state index contributed by atoms with van der Waals surface area (Å²) in [6.45, 7) is 1.62. The number of para-hydroxylation sites is 1. The molecule has 1 aliphatic heterocycles. The number of amides is 2. The molecule has 29 heavy (non-hydrogen) atoms. The summed E-state index contributed by atoms with van der Waals surface area (Å²) in [6, 6.07) is 7.81. The summed E-state index contributed by atoms with van der Waals surface area (Å²) in [5.41, 5.74) is 4.44. The summed E-state index contributed by atoms with van der Waals surface area (Å²) < 4.78 is 45.6. The largest absolute Gasteiger partial charge is 0.478 e. The van der Waals surface area contributed by atoms with Gasteiger partial charge >= 0.3 is 0 Å². The predicted molar refractivity (Wildman–Crippen MR) is 104 cm³/mol. The SMILES string of the molecule is CC(Oc1ccccc1F)C(=O)NNC(=O)C1CCCN1S(=O)(=O)c1cccs1. The van der Waals surface area contributed by atoms with Crippen LogP contribution in [0, 0.1) is 5.82 Å². The van der Waals surface area contributed by atoms with E-state index in [2.05, 4.69) is 10.9 Å². The van der Waals surface area contributed by atoms with Crippen LogP contribution >= 0.6 is 11.3 Å².